The molecule has 2 nitrogen and oxygen atoms in total. The zero-order valence-electron chi connectivity index (χ0n) is 12.3. The number of hydrogen-bond acceptors (Lipinski definition) is 2. The molecular formula is C18H22FNO. The van der Waals surface area contributed by atoms with Gasteiger partial charge in [-0.05, 0) is 42.4 Å². The van der Waals surface area contributed by atoms with Gasteiger partial charge in [0.05, 0.1) is 6.61 Å². The van der Waals surface area contributed by atoms with Crippen molar-refractivity contribution < 1.29 is 9.50 Å². The monoisotopic (exact) mass is 287 g/mol. The second-order valence-corrected chi connectivity index (χ2v) is 6.22. The number of nitrogens with zero attached hydrogens (tertiary/aromatic N) is 1. The van der Waals surface area contributed by atoms with Crippen molar-refractivity contribution in [2.75, 3.05) is 19.7 Å². The molecule has 2 atom stereocenters. The summed E-state index contributed by atoms with van der Waals surface area (Å²) in [6.07, 6.45) is 4.56. The van der Waals surface area contributed by atoms with Crippen LogP contribution in [-0.4, -0.2) is 29.7 Å². The fourth-order valence-corrected chi connectivity index (χ4v) is 3.72. The van der Waals surface area contributed by atoms with Gasteiger partial charge in [-0.2, -0.15) is 0 Å². The van der Waals surface area contributed by atoms with Crippen LogP contribution in [0.1, 0.15) is 36.8 Å². The summed E-state index contributed by atoms with van der Waals surface area (Å²) < 4.78 is 13.4. The van der Waals surface area contributed by atoms with Crippen molar-refractivity contribution in [3.63, 3.8) is 0 Å². The van der Waals surface area contributed by atoms with E-state index < -0.39 is 0 Å². The van der Waals surface area contributed by atoms with E-state index in [2.05, 4.69) is 16.7 Å². The minimum atomic E-state index is -0.245. The summed E-state index contributed by atoms with van der Waals surface area (Å²) in [5.74, 6) is 7.40. The van der Waals surface area contributed by atoms with E-state index in [0.29, 0.717) is 6.42 Å². The van der Waals surface area contributed by atoms with E-state index in [0.717, 1.165) is 29.5 Å². The normalized spacial score (nSPS) is 24.7. The van der Waals surface area contributed by atoms with Crippen molar-refractivity contribution >= 4 is 0 Å². The highest BCUT2D eigenvalue weighted by Crippen LogP contribution is 2.38. The second kappa shape index (κ2) is 6.60. The van der Waals surface area contributed by atoms with Crippen molar-refractivity contribution in [2.24, 2.45) is 11.8 Å². The number of benzene rings is 1. The maximum absolute atomic E-state index is 13.4. The van der Waals surface area contributed by atoms with Gasteiger partial charge in [-0.1, -0.05) is 24.3 Å². The van der Waals surface area contributed by atoms with Crippen molar-refractivity contribution in [2.45, 2.75) is 32.2 Å². The molecule has 2 fully saturated rings. The molecule has 3 rings (SSSR count). The fraction of sp³-hybridized carbons (Fsp3) is 0.556. The number of hydrogen-bond donors (Lipinski definition) is 1. The smallest absolute Gasteiger partial charge is 0.124 e. The first-order valence-electron chi connectivity index (χ1n) is 7.87. The number of likely N-dealkylation sites (tertiary alicyclic amines) is 1. The van der Waals surface area contributed by atoms with Crippen LogP contribution in [0.3, 0.4) is 0 Å². The Morgan fingerprint density at radius 1 is 1.24 bits per heavy atom. The average Bonchev–Trinajstić information content (AvgIpc) is 3.03. The number of halogens is 1. The Bertz CT molecular complexity index is 548. The molecule has 1 saturated heterocycles. The van der Waals surface area contributed by atoms with Crippen molar-refractivity contribution in [3.05, 3.63) is 35.1 Å². The van der Waals surface area contributed by atoms with E-state index in [1.54, 1.807) is 0 Å². The van der Waals surface area contributed by atoms with Crippen molar-refractivity contribution in [1.29, 1.82) is 0 Å². The molecule has 2 aliphatic rings. The van der Waals surface area contributed by atoms with Gasteiger partial charge in [0.2, 0.25) is 0 Å². The molecule has 1 saturated carbocycles. The molecule has 1 heterocycles. The molecule has 1 aromatic carbocycles. The van der Waals surface area contributed by atoms with Crippen LogP contribution >= 0.6 is 0 Å². The highest BCUT2D eigenvalue weighted by Gasteiger charge is 2.35. The Hall–Kier alpha value is -1.37. The van der Waals surface area contributed by atoms with Gasteiger partial charge in [-0.3, -0.25) is 4.90 Å². The van der Waals surface area contributed by atoms with E-state index in [1.807, 2.05) is 6.07 Å². The Morgan fingerprint density at radius 2 is 2.00 bits per heavy atom. The minimum absolute atomic E-state index is 0.0487. The lowest BCUT2D eigenvalue weighted by atomic mass is 10.0. The Morgan fingerprint density at radius 3 is 2.71 bits per heavy atom. The van der Waals surface area contributed by atoms with Gasteiger partial charge in [0.1, 0.15) is 5.82 Å². The van der Waals surface area contributed by atoms with Crippen LogP contribution in [0.25, 0.3) is 0 Å². The highest BCUT2D eigenvalue weighted by atomic mass is 19.1. The van der Waals surface area contributed by atoms with Crippen LogP contribution in [0.5, 0.6) is 0 Å². The van der Waals surface area contributed by atoms with Gasteiger partial charge in [0.25, 0.3) is 0 Å². The first kappa shape index (κ1) is 14.6. The summed E-state index contributed by atoms with van der Waals surface area (Å²) >= 11 is 0. The second-order valence-electron chi connectivity index (χ2n) is 6.22. The first-order valence-corrected chi connectivity index (χ1v) is 7.87. The van der Waals surface area contributed by atoms with Gasteiger partial charge >= 0.3 is 0 Å². The van der Waals surface area contributed by atoms with Crippen molar-refractivity contribution in [1.82, 2.24) is 4.90 Å². The Labute approximate surface area is 126 Å². The third-order valence-electron chi connectivity index (χ3n) is 4.73. The zero-order chi connectivity index (χ0) is 14.7. The Balaban J connectivity index is 1.71. The lowest BCUT2D eigenvalue weighted by Gasteiger charge is -2.17. The van der Waals surface area contributed by atoms with E-state index in [1.165, 1.54) is 44.5 Å². The Kier molecular flexibility index (Phi) is 4.57. The molecule has 1 N–H and O–H groups in total. The van der Waals surface area contributed by atoms with Crippen LogP contribution in [0.4, 0.5) is 4.39 Å². The number of fused-ring (bicyclic) bond motifs is 1. The standard InChI is InChI=1S/C18H22FNO/c19-18-8-7-17(14(10-18)4-1-2-9-21)13-20-11-15-5-3-6-16(15)12-20/h7-8,10,15-16,21H,2-3,5-6,9,11-13H2. The largest absolute Gasteiger partial charge is 0.395 e. The topological polar surface area (TPSA) is 23.5 Å². The maximum atomic E-state index is 13.4. The SMILES string of the molecule is OCCC#Cc1cc(F)ccc1CN1CC2CCCC2C1. The van der Waals surface area contributed by atoms with Gasteiger partial charge < -0.3 is 5.11 Å². The summed E-state index contributed by atoms with van der Waals surface area (Å²) in [7, 11) is 0. The van der Waals surface area contributed by atoms with Gasteiger partial charge in [-0.25, -0.2) is 4.39 Å². The summed E-state index contributed by atoms with van der Waals surface area (Å²) in [6.45, 7) is 3.25. The van der Waals surface area contributed by atoms with Crippen molar-refractivity contribution in [3.8, 4) is 11.8 Å². The highest BCUT2D eigenvalue weighted by molar-refractivity contribution is 5.41. The molecule has 1 aliphatic carbocycles. The summed E-state index contributed by atoms with van der Waals surface area (Å²) in [4.78, 5) is 2.49. The molecule has 1 aliphatic heterocycles. The maximum Gasteiger partial charge on any atom is 0.124 e. The number of rotatable bonds is 3. The molecule has 2 unspecified atom stereocenters. The van der Waals surface area contributed by atoms with E-state index in [-0.39, 0.29) is 12.4 Å². The predicted octanol–water partition coefficient (Wildman–Crippen LogP) is 2.79. The molecule has 1 aromatic rings. The van der Waals surface area contributed by atoms with Crippen LogP contribution in [0, 0.1) is 29.5 Å². The van der Waals surface area contributed by atoms with Gasteiger partial charge in [-0.15, -0.1) is 0 Å². The molecule has 3 heteroatoms. The summed E-state index contributed by atoms with van der Waals surface area (Å²) in [5.41, 5.74) is 1.86. The number of aliphatic hydroxyl groups excluding tert-OH is 1. The van der Waals surface area contributed by atoms with Crippen LogP contribution < -0.4 is 0 Å². The molecule has 0 radical (unpaired) electrons. The molecule has 0 aromatic heterocycles. The molecular weight excluding hydrogens is 265 g/mol. The minimum Gasteiger partial charge on any atom is -0.395 e. The summed E-state index contributed by atoms with van der Waals surface area (Å²) in [5, 5.41) is 8.81. The zero-order valence-corrected chi connectivity index (χ0v) is 12.3. The van der Waals surface area contributed by atoms with E-state index in [9.17, 15) is 4.39 Å². The van der Waals surface area contributed by atoms with Gasteiger partial charge in [0.15, 0.2) is 0 Å². The number of aliphatic hydroxyl groups is 1. The third kappa shape index (κ3) is 3.45. The van der Waals surface area contributed by atoms with Crippen LogP contribution in [-0.2, 0) is 6.54 Å². The molecule has 0 spiro atoms. The first-order chi connectivity index (χ1) is 10.3. The lowest BCUT2D eigenvalue weighted by molar-refractivity contribution is 0.303. The third-order valence-corrected chi connectivity index (χ3v) is 4.73. The molecule has 0 amide bonds. The fourth-order valence-electron chi connectivity index (χ4n) is 3.72. The van der Waals surface area contributed by atoms with Gasteiger partial charge in [0, 0.05) is 31.6 Å². The van der Waals surface area contributed by atoms with Crippen LogP contribution in [0.2, 0.25) is 0 Å². The van der Waals surface area contributed by atoms with E-state index in [4.69, 9.17) is 5.11 Å². The summed E-state index contributed by atoms with van der Waals surface area (Å²) in [6, 6.07) is 4.88. The van der Waals surface area contributed by atoms with Crippen LogP contribution in [0.15, 0.2) is 18.2 Å². The predicted molar refractivity (Wildman–Crippen MR) is 81.1 cm³/mol. The van der Waals surface area contributed by atoms with E-state index >= 15 is 0 Å². The molecule has 21 heavy (non-hydrogen) atoms. The average molecular weight is 287 g/mol. The lowest BCUT2D eigenvalue weighted by Crippen LogP contribution is -2.21. The molecule has 112 valence electrons. The molecule has 0 bridgehead atoms. The quantitative estimate of drug-likeness (QED) is 0.864.